The predicted molar refractivity (Wildman–Crippen MR) is 71.1 cm³/mol. The van der Waals surface area contributed by atoms with Crippen molar-refractivity contribution in [1.82, 2.24) is 0 Å². The SMILES string of the molecule is CC(C)(C)Sc1ccc(S(F)(F)(F)(F)F)cc1Br. The predicted octanol–water partition coefficient (Wildman–Crippen LogP) is 7.00. The highest BCUT2D eigenvalue weighted by molar-refractivity contribution is 9.10. The Morgan fingerprint density at radius 1 is 1.06 bits per heavy atom. The van der Waals surface area contributed by atoms with Crippen molar-refractivity contribution in [2.24, 2.45) is 0 Å². The van der Waals surface area contributed by atoms with Gasteiger partial charge in [0, 0.05) is 14.1 Å². The summed E-state index contributed by atoms with van der Waals surface area (Å²) >= 11 is 4.20. The summed E-state index contributed by atoms with van der Waals surface area (Å²) in [7, 11) is -9.59. The number of rotatable bonds is 2. The third-order valence-electron chi connectivity index (χ3n) is 1.76. The number of hydrogen-bond donors (Lipinski definition) is 0. The topological polar surface area (TPSA) is 0 Å². The van der Waals surface area contributed by atoms with E-state index in [1.807, 2.05) is 20.8 Å². The minimum atomic E-state index is -9.59. The molecule has 18 heavy (non-hydrogen) atoms. The molecule has 0 atom stereocenters. The fourth-order valence-corrected chi connectivity index (χ4v) is 3.53. The third-order valence-corrected chi connectivity index (χ3v) is 5.02. The van der Waals surface area contributed by atoms with Gasteiger partial charge in [-0.2, -0.15) is 0 Å². The molecule has 1 rings (SSSR count). The van der Waals surface area contributed by atoms with E-state index < -0.39 is 15.1 Å². The van der Waals surface area contributed by atoms with Gasteiger partial charge in [0.15, 0.2) is 0 Å². The maximum atomic E-state index is 12.6. The van der Waals surface area contributed by atoms with E-state index in [0.29, 0.717) is 17.0 Å². The number of halogens is 6. The molecule has 106 valence electrons. The Kier molecular flexibility index (Phi) is 3.39. The van der Waals surface area contributed by atoms with Crippen LogP contribution in [0.4, 0.5) is 19.4 Å². The molecule has 0 aliphatic carbocycles. The molecule has 0 bridgehead atoms. The second-order valence-corrected chi connectivity index (χ2v) is 9.91. The second-order valence-electron chi connectivity index (χ2n) is 4.78. The van der Waals surface area contributed by atoms with Crippen LogP contribution in [0.25, 0.3) is 0 Å². The van der Waals surface area contributed by atoms with Crippen LogP contribution in [0.15, 0.2) is 32.5 Å². The maximum Gasteiger partial charge on any atom is 0.310 e. The average molecular weight is 371 g/mol. The van der Waals surface area contributed by atoms with Crippen molar-refractivity contribution in [1.29, 1.82) is 0 Å². The van der Waals surface area contributed by atoms with Crippen LogP contribution in [0.1, 0.15) is 20.8 Å². The summed E-state index contributed by atoms with van der Waals surface area (Å²) in [5, 5.41) is 0. The highest BCUT2D eigenvalue weighted by Gasteiger charge is 2.65. The van der Waals surface area contributed by atoms with Gasteiger partial charge in [0.05, 0.1) is 0 Å². The fourth-order valence-electron chi connectivity index (χ4n) is 1.13. The van der Waals surface area contributed by atoms with Crippen LogP contribution in [0.5, 0.6) is 0 Å². The molecule has 0 aliphatic heterocycles. The zero-order valence-electron chi connectivity index (χ0n) is 9.82. The summed E-state index contributed by atoms with van der Waals surface area (Å²) in [6.07, 6.45) is 0. The van der Waals surface area contributed by atoms with Crippen molar-refractivity contribution in [3.8, 4) is 0 Å². The molecular formula is C10H12BrF5S2. The average Bonchev–Trinajstić information content (AvgIpc) is 2.01. The lowest BCUT2D eigenvalue weighted by atomic mass is 10.3. The Hall–Kier alpha value is 0.0500. The van der Waals surface area contributed by atoms with Crippen LogP contribution in [0.2, 0.25) is 0 Å². The molecule has 0 aromatic heterocycles. The first-order valence-electron chi connectivity index (χ1n) is 4.81. The Bertz CT molecular complexity index is 475. The summed E-state index contributed by atoms with van der Waals surface area (Å²) in [4.78, 5) is -1.38. The Labute approximate surface area is 115 Å². The molecule has 0 aliphatic rings. The van der Waals surface area contributed by atoms with Gasteiger partial charge in [-0.15, -0.1) is 11.8 Å². The molecule has 0 heterocycles. The van der Waals surface area contributed by atoms with Gasteiger partial charge >= 0.3 is 10.2 Å². The molecule has 0 saturated carbocycles. The maximum absolute atomic E-state index is 12.6. The van der Waals surface area contributed by atoms with Crippen LogP contribution in [-0.2, 0) is 0 Å². The molecular weight excluding hydrogens is 359 g/mol. The number of thioether (sulfide) groups is 1. The molecule has 8 heteroatoms. The molecule has 0 saturated heterocycles. The van der Waals surface area contributed by atoms with Gasteiger partial charge in [0.1, 0.15) is 4.90 Å². The van der Waals surface area contributed by atoms with Crippen LogP contribution in [0.3, 0.4) is 0 Å². The summed E-state index contributed by atoms with van der Waals surface area (Å²) in [6, 6.07) is 1.93. The van der Waals surface area contributed by atoms with E-state index >= 15 is 0 Å². The normalized spacial score (nSPS) is 17.2. The van der Waals surface area contributed by atoms with Crippen LogP contribution < -0.4 is 0 Å². The third kappa shape index (κ3) is 4.62. The van der Waals surface area contributed by atoms with E-state index in [9.17, 15) is 19.4 Å². The number of hydrogen-bond acceptors (Lipinski definition) is 1. The fraction of sp³-hybridized carbons (Fsp3) is 0.400. The standard InChI is InChI=1S/C10H12BrF5S2/c1-10(2,3)17-9-5-4-7(6-8(9)11)18(12,13,14,15)16/h4-6H,1-3H3. The summed E-state index contributed by atoms with van der Waals surface area (Å²) in [6.45, 7) is 5.63. The van der Waals surface area contributed by atoms with Crippen molar-refractivity contribution < 1.29 is 19.4 Å². The van der Waals surface area contributed by atoms with Crippen molar-refractivity contribution in [3.05, 3.63) is 22.7 Å². The van der Waals surface area contributed by atoms with Crippen LogP contribution >= 0.6 is 37.9 Å². The molecule has 0 nitrogen and oxygen atoms in total. The molecule has 0 radical (unpaired) electrons. The van der Waals surface area contributed by atoms with Gasteiger partial charge in [-0.25, -0.2) is 0 Å². The van der Waals surface area contributed by atoms with Crippen molar-refractivity contribution in [2.75, 3.05) is 0 Å². The Morgan fingerprint density at radius 3 is 1.89 bits per heavy atom. The zero-order valence-corrected chi connectivity index (χ0v) is 13.0. The summed E-state index contributed by atoms with van der Waals surface area (Å²) < 4.78 is 62.6. The lowest BCUT2D eigenvalue weighted by Gasteiger charge is -2.40. The largest absolute Gasteiger partial charge is 0.310 e. The quantitative estimate of drug-likeness (QED) is 0.399. The highest BCUT2D eigenvalue weighted by Crippen LogP contribution is 3.02. The van der Waals surface area contributed by atoms with E-state index in [0.717, 1.165) is 6.07 Å². The lowest BCUT2D eigenvalue weighted by molar-refractivity contribution is 0.364. The Balaban J connectivity index is 3.25. The van der Waals surface area contributed by atoms with Crippen LogP contribution in [0, 0.1) is 0 Å². The number of benzene rings is 1. The summed E-state index contributed by atoms with van der Waals surface area (Å²) in [5.74, 6) is 0. The van der Waals surface area contributed by atoms with Crippen molar-refractivity contribution in [3.63, 3.8) is 0 Å². The second kappa shape index (κ2) is 3.79. The lowest BCUT2D eigenvalue weighted by Crippen LogP contribution is -2.08. The minimum absolute atomic E-state index is 0.0215. The van der Waals surface area contributed by atoms with Crippen LogP contribution in [-0.4, -0.2) is 4.75 Å². The first-order chi connectivity index (χ1) is 7.58. The summed E-state index contributed by atoms with van der Waals surface area (Å²) in [5.41, 5.74) is 0. The first kappa shape index (κ1) is 16.1. The molecule has 0 unspecified atom stereocenters. The highest BCUT2D eigenvalue weighted by atomic mass is 79.9. The van der Waals surface area contributed by atoms with Gasteiger partial charge in [-0.1, -0.05) is 40.2 Å². The van der Waals surface area contributed by atoms with E-state index in [1.54, 1.807) is 0 Å². The van der Waals surface area contributed by atoms with E-state index in [1.165, 1.54) is 11.8 Å². The van der Waals surface area contributed by atoms with Crippen molar-refractivity contribution >= 4 is 37.9 Å². The smallest absolute Gasteiger partial charge is 0.119 e. The molecule has 0 N–H and O–H groups in total. The van der Waals surface area contributed by atoms with Crippen molar-refractivity contribution in [2.45, 2.75) is 35.3 Å². The molecule has 1 aromatic rings. The molecule has 0 spiro atoms. The Morgan fingerprint density at radius 2 is 1.56 bits per heavy atom. The molecule has 0 amide bonds. The van der Waals surface area contributed by atoms with E-state index in [2.05, 4.69) is 15.9 Å². The van der Waals surface area contributed by atoms with E-state index in [4.69, 9.17) is 0 Å². The monoisotopic (exact) mass is 370 g/mol. The molecule has 1 aromatic carbocycles. The minimum Gasteiger partial charge on any atom is -0.119 e. The first-order valence-corrected chi connectivity index (χ1v) is 8.37. The molecule has 0 fully saturated rings. The van der Waals surface area contributed by atoms with E-state index in [-0.39, 0.29) is 9.22 Å². The van der Waals surface area contributed by atoms with Gasteiger partial charge in [-0.3, -0.25) is 0 Å². The van der Waals surface area contributed by atoms with Gasteiger partial charge in [0.25, 0.3) is 0 Å². The van der Waals surface area contributed by atoms with Gasteiger partial charge < -0.3 is 0 Å². The zero-order chi connectivity index (χ0) is 14.5. The van der Waals surface area contributed by atoms with Gasteiger partial charge in [0.2, 0.25) is 0 Å². The van der Waals surface area contributed by atoms with Gasteiger partial charge in [-0.05, 0) is 34.1 Å².